The fraction of sp³-hybridized carbons (Fsp3) is 0. The Labute approximate surface area is 40.5 Å². The molecule has 0 fully saturated rings. The van der Waals surface area contributed by atoms with E-state index in [2.05, 4.69) is 0 Å². The third-order valence-electron chi connectivity index (χ3n) is 0. The van der Waals surface area contributed by atoms with Crippen molar-refractivity contribution in [1.29, 1.82) is 0 Å². The molecule has 0 bridgehead atoms. The van der Waals surface area contributed by atoms with Crippen LogP contribution in [0.2, 0.25) is 0 Å². The summed E-state index contributed by atoms with van der Waals surface area (Å²) in [5, 5.41) is 0. The van der Waals surface area contributed by atoms with Crippen molar-refractivity contribution >= 4 is 0 Å². The van der Waals surface area contributed by atoms with Gasteiger partial charge in [-0.05, 0) is 0 Å². The molecule has 0 aliphatic heterocycles. The molecule has 57 valence electrons. The molecule has 0 saturated heterocycles. The zero-order chi connectivity index (χ0) is 6.41. The van der Waals surface area contributed by atoms with E-state index in [9.17, 15) is 21.3 Å². The van der Waals surface area contributed by atoms with Gasteiger partial charge < -0.3 is 0 Å². The predicted octanol–water partition coefficient (Wildman–Crippen LogP) is 2.67. The van der Waals surface area contributed by atoms with Crippen LogP contribution < -0.4 is 0 Å². The number of hydrogen-bond donors (Lipinski definition) is 0. The van der Waals surface area contributed by atoms with Crippen LogP contribution in [0, 0.1) is 0 Å². The molecule has 0 saturated carbocycles. The molecule has 0 spiro atoms. The molecule has 0 aromatic carbocycles. The van der Waals surface area contributed by atoms with Crippen LogP contribution in [0.25, 0.3) is 0 Å². The van der Waals surface area contributed by atoms with E-state index in [0.717, 1.165) is 0 Å². The van der Waals surface area contributed by atoms with Gasteiger partial charge in [0.1, 0.15) is 0 Å². The van der Waals surface area contributed by atoms with Gasteiger partial charge in [0.05, 0.1) is 0 Å². The molecule has 0 unspecified atom stereocenters. The Morgan fingerprint density at radius 3 is 0.625 bits per heavy atom. The van der Waals surface area contributed by atoms with Crippen LogP contribution in [0.1, 0.15) is 0 Å². The van der Waals surface area contributed by atoms with Crippen LogP contribution in [0.5, 0.6) is 0 Å². The fourth-order valence-electron chi connectivity index (χ4n) is 0. The van der Waals surface area contributed by atoms with Crippen LogP contribution >= 0.6 is 0 Å². The van der Waals surface area contributed by atoms with Crippen LogP contribution in [0.4, 0.5) is 26.0 Å². The number of halogens is 7. The van der Waals surface area contributed by atoms with Crippen LogP contribution in [-0.4, -0.2) is 0 Å². The van der Waals surface area contributed by atoms with Gasteiger partial charge in [-0.25, -0.2) is 0 Å². The quantitative estimate of drug-likeness (QED) is 0.405. The van der Waals surface area contributed by atoms with Gasteiger partial charge in [-0.1, -0.05) is 0 Å². The molecule has 0 aromatic rings. The molecule has 0 rings (SSSR count). The number of rotatable bonds is 0. The molecule has 0 amide bonds. The van der Waals surface area contributed by atoms with Crippen LogP contribution in [0.3, 0.4) is 0 Å². The Hall–Kier alpha value is 0.0295. The summed E-state index contributed by atoms with van der Waals surface area (Å²) in [4.78, 5) is 0. The molecule has 0 heterocycles. The maximum atomic E-state index is 9.89. The topological polar surface area (TPSA) is 0 Å². The average molecular weight is 189 g/mol. The van der Waals surface area contributed by atoms with E-state index in [1.54, 1.807) is 0 Å². The third-order valence-corrected chi connectivity index (χ3v) is 0. The van der Waals surface area contributed by atoms with Crippen molar-refractivity contribution in [3.63, 3.8) is 0 Å². The van der Waals surface area contributed by atoms with Gasteiger partial charge in [-0.3, -0.25) is 4.70 Å². The van der Waals surface area contributed by atoms with Crippen molar-refractivity contribution < 1.29 is 39.5 Å². The first-order valence-electron chi connectivity index (χ1n) is 0.857. The predicted molar refractivity (Wildman–Crippen MR) is 9.15 cm³/mol. The molecule has 0 aliphatic carbocycles. The number of hydrogen-bond acceptors (Lipinski definition) is 0. The van der Waals surface area contributed by atoms with E-state index in [1.807, 2.05) is 0 Å². The average Bonchev–Trinajstić information content (AvgIpc) is 0.592. The summed E-state index contributed by atoms with van der Waals surface area (Å²) in [6, 6.07) is 0. The van der Waals surface area contributed by atoms with Crippen molar-refractivity contribution in [2.75, 3.05) is 0 Å². The van der Waals surface area contributed by atoms with Gasteiger partial charge in [0.15, 0.2) is 0 Å². The van der Waals surface area contributed by atoms with Crippen molar-refractivity contribution in [2.45, 2.75) is 0 Å². The van der Waals surface area contributed by atoms with E-state index in [-0.39, 0.29) is 4.70 Å². The van der Waals surface area contributed by atoms with Crippen molar-refractivity contribution in [2.24, 2.45) is 0 Å². The van der Waals surface area contributed by atoms with Crippen LogP contribution in [0.15, 0.2) is 0 Å². The summed E-state index contributed by atoms with van der Waals surface area (Å²) in [7, 11) is 0. The summed E-state index contributed by atoms with van der Waals surface area (Å²) in [5.74, 6) is 0. The second-order valence-corrected chi connectivity index (χ2v) is 3.34. The first kappa shape index (κ1) is 10.9. The van der Waals surface area contributed by atoms with Gasteiger partial charge >= 0.3 is 34.8 Å². The van der Waals surface area contributed by atoms with Crippen LogP contribution in [-0.2, 0) is 13.5 Å². The van der Waals surface area contributed by atoms with Crippen molar-refractivity contribution in [3.05, 3.63) is 0 Å². The molecule has 0 nitrogen and oxygen atoms in total. The molecular weight excluding hydrogens is 188 g/mol. The van der Waals surface area contributed by atoms with Crippen molar-refractivity contribution in [1.82, 2.24) is 0 Å². The summed E-state index contributed by atoms with van der Waals surface area (Å²) >= 11 is -10.9. The molecule has 0 N–H and O–H groups in total. The minimum atomic E-state index is -10.9. The molecule has 0 radical (unpaired) electrons. The zero-order valence-corrected chi connectivity index (χ0v) is 4.23. The molecule has 8 heavy (non-hydrogen) atoms. The monoisotopic (exact) mass is 189 g/mol. The Morgan fingerprint density at radius 2 is 0.625 bits per heavy atom. The van der Waals surface area contributed by atoms with Gasteiger partial charge in [0.2, 0.25) is 0 Å². The van der Waals surface area contributed by atoms with Crippen molar-refractivity contribution in [3.8, 4) is 0 Å². The zero-order valence-electron chi connectivity index (χ0n) is 3.05. The van der Waals surface area contributed by atoms with E-state index in [4.69, 9.17) is 0 Å². The summed E-state index contributed by atoms with van der Waals surface area (Å²) in [5.41, 5.74) is 0. The van der Waals surface area contributed by atoms with E-state index >= 15 is 0 Å². The Kier molecular flexibility index (Phi) is 1.54. The SMILES string of the molecule is F.[F][Mn]([F])([F])([F])([F])[F]. The Morgan fingerprint density at radius 1 is 0.625 bits per heavy atom. The Bertz CT molecular complexity index is 63.0. The fourth-order valence-corrected chi connectivity index (χ4v) is 0. The first-order valence-corrected chi connectivity index (χ1v) is 3.53. The summed E-state index contributed by atoms with van der Waals surface area (Å²) < 4.78 is 59.3. The van der Waals surface area contributed by atoms with E-state index in [1.165, 1.54) is 0 Å². The standard InChI is InChI=1S/7FH.Mn/h7*1H;/q;;;;;;;+6/p-6. The third kappa shape index (κ3) is 175000. The van der Waals surface area contributed by atoms with Gasteiger partial charge in [0, 0.05) is 0 Å². The normalized spacial score (nSPS) is 20.2. The molecule has 0 aliphatic rings. The molecule has 0 atom stereocenters. The first-order chi connectivity index (χ1) is 2.45. The second-order valence-electron chi connectivity index (χ2n) is 0.810. The summed E-state index contributed by atoms with van der Waals surface area (Å²) in [6.07, 6.45) is 0. The van der Waals surface area contributed by atoms with Gasteiger partial charge in [0.25, 0.3) is 0 Å². The van der Waals surface area contributed by atoms with E-state index in [0.29, 0.717) is 0 Å². The molecule has 8 heteroatoms. The maximum absolute atomic E-state index is 10.9. The molecular formula is HF7Mn. The second kappa shape index (κ2) is 1.13. The van der Waals surface area contributed by atoms with Gasteiger partial charge in [-0.15, -0.1) is 0 Å². The Balaban J connectivity index is 0. The van der Waals surface area contributed by atoms with Gasteiger partial charge in [-0.2, -0.15) is 0 Å². The summed E-state index contributed by atoms with van der Waals surface area (Å²) in [6.45, 7) is 0. The van der Waals surface area contributed by atoms with E-state index < -0.39 is 13.5 Å². The molecule has 0 aromatic heterocycles. The minimum absolute atomic E-state index is 0.